The molecule has 1 aliphatic heterocycles. The van der Waals surface area contributed by atoms with E-state index in [1.54, 1.807) is 0 Å². The number of hydrogen-bond acceptors (Lipinski definition) is 1. The third-order valence-electron chi connectivity index (χ3n) is 4.61. The average molecular weight is 508 g/mol. The lowest BCUT2D eigenvalue weighted by Crippen LogP contribution is -2.61. The molecule has 1 rings (SSSR count). The lowest BCUT2D eigenvalue weighted by Gasteiger charge is -2.39. The molecule has 19 heteroatoms. The van der Waals surface area contributed by atoms with Crippen molar-refractivity contribution >= 4 is 0 Å². The van der Waals surface area contributed by atoms with Gasteiger partial charge < -0.3 is 4.74 Å². The quantitative estimate of drug-likeness (QED) is 0.298. The van der Waals surface area contributed by atoms with Crippen LogP contribution in [0.5, 0.6) is 0 Å². The van der Waals surface area contributed by atoms with E-state index in [9.17, 15) is 79.0 Å². The summed E-state index contributed by atoms with van der Waals surface area (Å²) in [6.07, 6.45) is -56.6. The van der Waals surface area contributed by atoms with Gasteiger partial charge in [-0.3, -0.25) is 0 Å². The molecule has 1 fully saturated rings. The van der Waals surface area contributed by atoms with Gasteiger partial charge >= 0.3 is 37.1 Å². The van der Waals surface area contributed by atoms with Gasteiger partial charge in [-0.2, -0.15) is 79.0 Å². The van der Waals surface area contributed by atoms with Crippen LogP contribution >= 0.6 is 0 Å². The molecule has 0 aliphatic carbocycles. The molecule has 0 radical (unpaired) electrons. The molecule has 1 nitrogen and oxygen atoms in total. The second-order valence-electron chi connectivity index (χ2n) is 6.42. The van der Waals surface area contributed by atoms with Gasteiger partial charge in [0.05, 0.1) is 12.2 Å². The highest BCUT2D eigenvalue weighted by molar-refractivity contribution is 5.08. The zero-order valence-electron chi connectivity index (χ0n) is 13.8. The van der Waals surface area contributed by atoms with Crippen molar-refractivity contribution in [3.8, 4) is 0 Å². The first-order valence-corrected chi connectivity index (χ1v) is 7.23. The maximum atomic E-state index is 12.8. The Morgan fingerprint density at radius 1 is 0.355 bits per heavy atom. The van der Waals surface area contributed by atoms with Crippen LogP contribution in [0.4, 0.5) is 79.0 Å². The van der Waals surface area contributed by atoms with Gasteiger partial charge in [-0.15, -0.1) is 0 Å². The summed E-state index contributed by atoms with van der Waals surface area (Å²) in [4.78, 5) is 0. The van der Waals surface area contributed by atoms with Crippen molar-refractivity contribution < 1.29 is 83.8 Å². The smallest absolute Gasteiger partial charge is 0.370 e. The third-order valence-corrected chi connectivity index (χ3v) is 4.61. The van der Waals surface area contributed by atoms with Crippen LogP contribution in [-0.2, 0) is 4.74 Å². The summed E-state index contributed by atoms with van der Waals surface area (Å²) in [7, 11) is 0. The first-order chi connectivity index (χ1) is 13.2. The van der Waals surface area contributed by atoms with E-state index in [0.29, 0.717) is 0 Å². The zero-order valence-corrected chi connectivity index (χ0v) is 13.8. The molecular formula is C12H6F18O. The van der Waals surface area contributed by atoms with E-state index in [0.717, 1.165) is 0 Å². The Hall–Kier alpha value is -1.30. The molecule has 186 valence electrons. The number of halogens is 18. The van der Waals surface area contributed by atoms with Crippen molar-refractivity contribution in [1.82, 2.24) is 0 Å². The molecule has 1 aliphatic rings. The summed E-state index contributed by atoms with van der Waals surface area (Å²) >= 11 is 0. The number of ether oxygens (including phenoxy) is 1. The van der Waals surface area contributed by atoms with E-state index >= 15 is 0 Å². The van der Waals surface area contributed by atoms with Crippen LogP contribution in [-0.4, -0.2) is 49.3 Å². The molecule has 0 amide bonds. The second kappa shape index (κ2) is 7.10. The van der Waals surface area contributed by atoms with E-state index < -0.39 is 72.9 Å². The molecular weight excluding hydrogens is 502 g/mol. The maximum Gasteiger partial charge on any atom is 0.412 e. The van der Waals surface area contributed by atoms with Crippen molar-refractivity contribution in [1.29, 1.82) is 0 Å². The Balaban J connectivity index is 3.43. The molecule has 1 heterocycles. The number of epoxide rings is 1. The lowest BCUT2D eigenvalue weighted by atomic mass is 9.76. The first-order valence-electron chi connectivity index (χ1n) is 7.23. The summed E-state index contributed by atoms with van der Waals surface area (Å²) in [5.74, 6) is 0. The molecule has 1 saturated heterocycles. The molecule has 0 saturated carbocycles. The fourth-order valence-electron chi connectivity index (χ4n) is 2.80. The molecule has 0 aromatic rings. The molecule has 2 unspecified atom stereocenters. The van der Waals surface area contributed by atoms with Gasteiger partial charge in [-0.05, 0) is 0 Å². The summed E-state index contributed by atoms with van der Waals surface area (Å²) in [5, 5.41) is 0. The monoisotopic (exact) mass is 508 g/mol. The number of rotatable bonds is 4. The van der Waals surface area contributed by atoms with Crippen LogP contribution in [0.3, 0.4) is 0 Å². The first kappa shape index (κ1) is 27.7. The summed E-state index contributed by atoms with van der Waals surface area (Å²) in [6, 6.07) is 0. The van der Waals surface area contributed by atoms with Crippen LogP contribution in [0.25, 0.3) is 0 Å². The van der Waals surface area contributed by atoms with Crippen LogP contribution in [0.2, 0.25) is 0 Å². The predicted molar refractivity (Wildman–Crippen MR) is 59.1 cm³/mol. The Labute approximate surface area is 158 Å². The minimum Gasteiger partial charge on any atom is -0.370 e. The Bertz CT molecular complexity index is 511. The molecule has 0 N–H and O–H groups in total. The molecule has 0 aromatic heterocycles. The Morgan fingerprint density at radius 2 is 0.516 bits per heavy atom. The highest BCUT2D eigenvalue weighted by atomic mass is 19.4. The fraction of sp³-hybridized carbons (Fsp3) is 1.00. The highest BCUT2D eigenvalue weighted by Crippen LogP contribution is 2.66. The minimum absolute atomic E-state index is 3.30. The van der Waals surface area contributed by atoms with Gasteiger partial charge in [0, 0.05) is 12.8 Å². The standard InChI is InChI=1S/C12H6F18O/c13-7(14,15)5(8(16,17)18,9(19,20)21)1-3-4(31-3)2-6(10(22,23)24,11(25,26)27)12(28,29)30/h3-4H,1-2H2. The largest absolute Gasteiger partial charge is 0.412 e. The van der Waals surface area contributed by atoms with Gasteiger partial charge in [-0.25, -0.2) is 0 Å². The van der Waals surface area contributed by atoms with Crippen LogP contribution < -0.4 is 0 Å². The van der Waals surface area contributed by atoms with Crippen LogP contribution in [0.1, 0.15) is 12.8 Å². The molecule has 0 spiro atoms. The molecule has 31 heavy (non-hydrogen) atoms. The summed E-state index contributed by atoms with van der Waals surface area (Å²) in [6.45, 7) is 0. The average Bonchev–Trinajstić information content (AvgIpc) is 3.11. The van der Waals surface area contributed by atoms with E-state index in [4.69, 9.17) is 0 Å². The van der Waals surface area contributed by atoms with Crippen molar-refractivity contribution in [3.05, 3.63) is 0 Å². The van der Waals surface area contributed by atoms with Crippen LogP contribution in [0.15, 0.2) is 0 Å². The van der Waals surface area contributed by atoms with Crippen molar-refractivity contribution in [2.75, 3.05) is 0 Å². The highest BCUT2D eigenvalue weighted by Gasteiger charge is 2.87. The number of alkyl halides is 18. The summed E-state index contributed by atoms with van der Waals surface area (Å²) in [5.41, 5.74) is -13.4. The fourth-order valence-corrected chi connectivity index (χ4v) is 2.80. The Morgan fingerprint density at radius 3 is 0.645 bits per heavy atom. The zero-order chi connectivity index (χ0) is 25.3. The minimum atomic E-state index is -7.23. The van der Waals surface area contributed by atoms with E-state index in [1.807, 2.05) is 0 Å². The van der Waals surface area contributed by atoms with Gasteiger partial charge in [0.15, 0.2) is 0 Å². The van der Waals surface area contributed by atoms with E-state index in [-0.39, 0.29) is 0 Å². The third kappa shape index (κ3) is 4.34. The van der Waals surface area contributed by atoms with Crippen molar-refractivity contribution in [3.63, 3.8) is 0 Å². The summed E-state index contributed by atoms with van der Waals surface area (Å²) < 4.78 is 233. The predicted octanol–water partition coefficient (Wildman–Crippen LogP) is 6.88. The maximum absolute atomic E-state index is 12.8. The SMILES string of the molecule is FC(F)(F)C(CC1OC1CC(C(F)(F)F)(C(F)(F)F)C(F)(F)F)(C(F)(F)F)C(F)(F)F. The topological polar surface area (TPSA) is 12.5 Å². The van der Waals surface area contributed by atoms with E-state index in [2.05, 4.69) is 4.74 Å². The second-order valence-corrected chi connectivity index (χ2v) is 6.42. The van der Waals surface area contributed by atoms with Crippen molar-refractivity contribution in [2.45, 2.75) is 62.1 Å². The molecule has 0 bridgehead atoms. The normalized spacial score (nSPS) is 22.6. The molecule has 0 aromatic carbocycles. The number of hydrogen-bond donors (Lipinski definition) is 0. The van der Waals surface area contributed by atoms with Gasteiger partial charge in [0.2, 0.25) is 0 Å². The van der Waals surface area contributed by atoms with Gasteiger partial charge in [-0.1, -0.05) is 0 Å². The van der Waals surface area contributed by atoms with E-state index in [1.165, 1.54) is 0 Å². The van der Waals surface area contributed by atoms with Gasteiger partial charge in [0.1, 0.15) is 0 Å². The van der Waals surface area contributed by atoms with Crippen molar-refractivity contribution in [2.24, 2.45) is 10.8 Å². The Kier molecular flexibility index (Phi) is 6.35. The lowest BCUT2D eigenvalue weighted by molar-refractivity contribution is -0.432. The molecule has 2 atom stereocenters. The van der Waals surface area contributed by atoms with Gasteiger partial charge in [0.25, 0.3) is 10.8 Å². The van der Waals surface area contributed by atoms with Crippen LogP contribution in [0, 0.1) is 10.8 Å².